The summed E-state index contributed by atoms with van der Waals surface area (Å²) in [5, 5.41) is 3.69. The van der Waals surface area contributed by atoms with Crippen LogP contribution in [0.2, 0.25) is 0 Å². The highest BCUT2D eigenvalue weighted by molar-refractivity contribution is 6.04. The smallest absolute Gasteiger partial charge is 0.109 e. The lowest BCUT2D eigenvalue weighted by Crippen LogP contribution is -2.48. The van der Waals surface area contributed by atoms with Crippen LogP contribution in [0.25, 0.3) is 0 Å². The molecule has 0 aliphatic carbocycles. The van der Waals surface area contributed by atoms with Crippen LogP contribution in [-0.4, -0.2) is 19.4 Å². The Labute approximate surface area is 157 Å². The minimum atomic E-state index is -0.0449. The highest BCUT2D eigenvalue weighted by atomic mass is 15.2. The molecule has 3 heteroatoms. The minimum Gasteiger partial charge on any atom is -0.366 e. The molecular formula is C23H29N3. The average molecular weight is 348 g/mol. The number of hydrogen-bond acceptors (Lipinski definition) is 2. The van der Waals surface area contributed by atoms with Crippen molar-refractivity contribution in [2.75, 3.05) is 23.8 Å². The first-order valence-corrected chi connectivity index (χ1v) is 9.79. The van der Waals surface area contributed by atoms with Gasteiger partial charge < -0.3 is 10.2 Å². The summed E-state index contributed by atoms with van der Waals surface area (Å²) in [5.74, 6) is 1.64. The average Bonchev–Trinajstić information content (AvgIpc) is 2.73. The molecular weight excluding hydrogens is 318 g/mol. The highest BCUT2D eigenvalue weighted by Crippen LogP contribution is 2.55. The van der Waals surface area contributed by atoms with Gasteiger partial charge in [0.05, 0.1) is 11.5 Å². The molecule has 2 heterocycles. The highest BCUT2D eigenvalue weighted by Gasteiger charge is 2.49. The summed E-state index contributed by atoms with van der Waals surface area (Å²) >= 11 is 0. The topological polar surface area (TPSA) is 27.6 Å². The zero-order chi connectivity index (χ0) is 18.3. The van der Waals surface area contributed by atoms with Crippen molar-refractivity contribution in [3.05, 3.63) is 59.7 Å². The van der Waals surface area contributed by atoms with Gasteiger partial charge in [-0.05, 0) is 42.0 Å². The van der Waals surface area contributed by atoms with E-state index in [1.54, 1.807) is 0 Å². The first-order chi connectivity index (χ1) is 12.6. The monoisotopic (exact) mass is 347 g/mol. The number of fused-ring (bicyclic) bond motifs is 4. The molecule has 0 spiro atoms. The summed E-state index contributed by atoms with van der Waals surface area (Å²) in [7, 11) is 2.25. The maximum absolute atomic E-state index is 5.01. The maximum Gasteiger partial charge on any atom is 0.109 e. The van der Waals surface area contributed by atoms with Crippen molar-refractivity contribution in [2.24, 2.45) is 10.4 Å². The van der Waals surface area contributed by atoms with Crippen molar-refractivity contribution in [2.45, 2.75) is 45.6 Å². The van der Waals surface area contributed by atoms with Crippen LogP contribution < -0.4 is 10.2 Å². The molecule has 0 aromatic heterocycles. The van der Waals surface area contributed by atoms with Gasteiger partial charge >= 0.3 is 0 Å². The van der Waals surface area contributed by atoms with Gasteiger partial charge in [-0.2, -0.15) is 0 Å². The van der Waals surface area contributed by atoms with Gasteiger partial charge in [-0.3, -0.25) is 4.99 Å². The van der Waals surface area contributed by atoms with Crippen LogP contribution in [0.5, 0.6) is 0 Å². The van der Waals surface area contributed by atoms with Gasteiger partial charge in [-0.25, -0.2) is 0 Å². The number of para-hydroxylation sites is 2. The second kappa shape index (κ2) is 6.46. The van der Waals surface area contributed by atoms with E-state index in [4.69, 9.17) is 4.99 Å². The Hall–Kier alpha value is -2.29. The first-order valence-electron chi connectivity index (χ1n) is 9.79. The lowest BCUT2D eigenvalue weighted by Gasteiger charge is -2.47. The van der Waals surface area contributed by atoms with Crippen LogP contribution >= 0.6 is 0 Å². The third-order valence-electron chi connectivity index (χ3n) is 6.11. The third kappa shape index (κ3) is 2.53. The lowest BCUT2D eigenvalue weighted by molar-refractivity contribution is 0.321. The Kier molecular flexibility index (Phi) is 4.26. The van der Waals surface area contributed by atoms with Crippen molar-refractivity contribution < 1.29 is 0 Å². The summed E-state index contributed by atoms with van der Waals surface area (Å²) in [4.78, 5) is 7.49. The van der Waals surface area contributed by atoms with E-state index in [-0.39, 0.29) is 11.5 Å². The van der Waals surface area contributed by atoms with Crippen LogP contribution in [0.4, 0.5) is 11.4 Å². The van der Waals surface area contributed by atoms with Crippen LogP contribution in [0.15, 0.2) is 53.5 Å². The number of hydrogen-bond donors (Lipinski definition) is 1. The second-order valence-corrected chi connectivity index (χ2v) is 8.04. The summed E-state index contributed by atoms with van der Waals surface area (Å²) < 4.78 is 0. The fourth-order valence-corrected chi connectivity index (χ4v) is 4.99. The summed E-state index contributed by atoms with van der Waals surface area (Å²) in [6.07, 6.45) is 2.15. The molecule has 0 bridgehead atoms. The van der Waals surface area contributed by atoms with E-state index < -0.39 is 0 Å². The Morgan fingerprint density at radius 2 is 1.81 bits per heavy atom. The zero-order valence-electron chi connectivity index (χ0n) is 16.3. The van der Waals surface area contributed by atoms with Crippen LogP contribution in [0.1, 0.15) is 56.7 Å². The number of rotatable bonds is 2. The van der Waals surface area contributed by atoms with Crippen molar-refractivity contribution in [3.8, 4) is 0 Å². The van der Waals surface area contributed by atoms with Crippen molar-refractivity contribution in [1.82, 2.24) is 0 Å². The molecule has 0 fully saturated rings. The largest absolute Gasteiger partial charge is 0.366 e. The number of amidine groups is 1. The molecule has 0 amide bonds. The number of benzene rings is 2. The number of nitrogens with one attached hydrogen (secondary N) is 1. The Morgan fingerprint density at radius 1 is 1.12 bits per heavy atom. The molecule has 0 saturated carbocycles. The molecule has 2 aromatic rings. The number of nitrogens with zero attached hydrogens (tertiary/aromatic N) is 2. The Morgan fingerprint density at radius 3 is 2.58 bits per heavy atom. The fraction of sp³-hybridized carbons (Fsp3) is 0.435. The Bertz CT molecular complexity index is 841. The second-order valence-electron chi connectivity index (χ2n) is 8.04. The number of aliphatic imine (C=N–C) groups is 1. The normalized spacial score (nSPS) is 28.6. The molecule has 1 N–H and O–H groups in total. The summed E-state index contributed by atoms with van der Waals surface area (Å²) in [6, 6.07) is 17.9. The first kappa shape index (κ1) is 17.1. The third-order valence-corrected chi connectivity index (χ3v) is 6.11. The molecule has 2 aliphatic rings. The van der Waals surface area contributed by atoms with Crippen LogP contribution in [-0.2, 0) is 0 Å². The predicted octanol–water partition coefficient (Wildman–Crippen LogP) is 5.61. The van der Waals surface area contributed by atoms with Gasteiger partial charge in [0, 0.05) is 25.0 Å². The molecule has 2 aliphatic heterocycles. The van der Waals surface area contributed by atoms with Gasteiger partial charge in [0.15, 0.2) is 0 Å². The zero-order valence-corrected chi connectivity index (χ0v) is 16.3. The number of anilines is 2. The quantitative estimate of drug-likeness (QED) is 0.764. The molecule has 0 radical (unpaired) electrons. The molecule has 3 nitrogen and oxygen atoms in total. The molecule has 4 rings (SSSR count). The summed E-state index contributed by atoms with van der Waals surface area (Å²) in [5.41, 5.74) is 5.32. The van der Waals surface area contributed by atoms with Gasteiger partial charge in [0.25, 0.3) is 0 Å². The van der Waals surface area contributed by atoms with E-state index in [0.29, 0.717) is 5.92 Å². The van der Waals surface area contributed by atoms with Gasteiger partial charge in [0.1, 0.15) is 5.84 Å². The maximum atomic E-state index is 5.01. The lowest BCUT2D eigenvalue weighted by atomic mass is 9.69. The summed E-state index contributed by atoms with van der Waals surface area (Å²) in [6.45, 7) is 7.82. The van der Waals surface area contributed by atoms with E-state index >= 15 is 0 Å². The van der Waals surface area contributed by atoms with E-state index in [1.807, 2.05) is 0 Å². The van der Waals surface area contributed by atoms with Crippen LogP contribution in [0.3, 0.4) is 0 Å². The van der Waals surface area contributed by atoms with Crippen molar-refractivity contribution >= 4 is 17.2 Å². The standard InChI is InChI=1S/C23H29N3/c1-5-14-24-22-23(3)15-16(2)17-10-7-9-13-20(17)26(4)21(23)18-11-6-8-12-19(18)25-22/h6-13,16,21H,5,14-15H2,1-4H3,(H,24,25)/t16?,21-,23-/m0/s1. The predicted molar refractivity (Wildman–Crippen MR) is 111 cm³/mol. The van der Waals surface area contributed by atoms with Crippen LogP contribution in [0, 0.1) is 5.41 Å². The molecule has 1 unspecified atom stereocenters. The van der Waals surface area contributed by atoms with Crippen molar-refractivity contribution in [3.63, 3.8) is 0 Å². The molecule has 136 valence electrons. The van der Waals surface area contributed by atoms with Gasteiger partial charge in [-0.15, -0.1) is 0 Å². The molecule has 3 atom stereocenters. The fourth-order valence-electron chi connectivity index (χ4n) is 4.99. The van der Waals surface area contributed by atoms with E-state index in [9.17, 15) is 0 Å². The minimum absolute atomic E-state index is 0.0449. The van der Waals surface area contributed by atoms with Gasteiger partial charge in [0.2, 0.25) is 0 Å². The van der Waals surface area contributed by atoms with E-state index in [0.717, 1.165) is 25.2 Å². The molecule has 0 saturated heterocycles. The molecule has 26 heavy (non-hydrogen) atoms. The van der Waals surface area contributed by atoms with Crippen molar-refractivity contribution in [1.29, 1.82) is 0 Å². The van der Waals surface area contributed by atoms with E-state index in [1.165, 1.54) is 22.5 Å². The van der Waals surface area contributed by atoms with Gasteiger partial charge in [-0.1, -0.05) is 57.2 Å². The Balaban J connectivity index is 1.94. The SMILES string of the molecule is CCCN=C1Nc2ccccc2[C@@H]2N(C)c3ccccc3C(C)C[C@]12C. The molecule has 2 aromatic carbocycles. The van der Waals surface area contributed by atoms with E-state index in [2.05, 4.69) is 86.6 Å².